The van der Waals surface area contributed by atoms with Gasteiger partial charge in [-0.1, -0.05) is 42.1 Å². The van der Waals surface area contributed by atoms with Crippen molar-refractivity contribution in [3.8, 4) is 5.69 Å². The van der Waals surface area contributed by atoms with Gasteiger partial charge in [0.2, 0.25) is 5.16 Å². The second-order valence-electron chi connectivity index (χ2n) is 6.49. The molecule has 0 bridgehead atoms. The lowest BCUT2D eigenvalue weighted by molar-refractivity contribution is 0.559. The summed E-state index contributed by atoms with van der Waals surface area (Å²) in [6, 6.07) is 13.5. The minimum Gasteiger partial charge on any atom is -0.423 e. The van der Waals surface area contributed by atoms with Crippen LogP contribution in [0.25, 0.3) is 16.7 Å². The Balaban J connectivity index is 1.69. The normalized spacial score (nSPS) is 11.2. The summed E-state index contributed by atoms with van der Waals surface area (Å²) in [7, 11) is 0. The van der Waals surface area contributed by atoms with Crippen molar-refractivity contribution in [2.24, 2.45) is 0 Å². The first-order chi connectivity index (χ1) is 13.0. The van der Waals surface area contributed by atoms with E-state index in [0.29, 0.717) is 16.5 Å². The summed E-state index contributed by atoms with van der Waals surface area (Å²) in [4.78, 5) is 11.9. The monoisotopic (exact) mass is 378 g/mol. The van der Waals surface area contributed by atoms with Crippen molar-refractivity contribution in [2.75, 3.05) is 0 Å². The molecule has 2 aromatic carbocycles. The fourth-order valence-corrected chi connectivity index (χ4v) is 4.02. The van der Waals surface area contributed by atoms with Crippen LogP contribution < -0.4 is 5.63 Å². The second kappa shape index (κ2) is 7.00. The molecule has 136 valence electrons. The van der Waals surface area contributed by atoms with Gasteiger partial charge in [0.05, 0.1) is 5.69 Å². The molecule has 0 N–H and O–H groups in total. The molecule has 0 saturated heterocycles. The Bertz CT molecular complexity index is 1180. The molecule has 0 radical (unpaired) electrons. The van der Waals surface area contributed by atoms with Crippen molar-refractivity contribution in [3.63, 3.8) is 0 Å². The Morgan fingerprint density at radius 2 is 1.85 bits per heavy atom. The van der Waals surface area contributed by atoms with Crippen LogP contribution in [-0.4, -0.2) is 20.2 Å². The highest BCUT2D eigenvalue weighted by Gasteiger charge is 2.14. The van der Waals surface area contributed by atoms with Gasteiger partial charge in [0.25, 0.3) is 0 Å². The number of hydrogen-bond acceptors (Lipinski definition) is 6. The lowest BCUT2D eigenvalue weighted by Crippen LogP contribution is -2.04. The fourth-order valence-electron chi connectivity index (χ4n) is 3.15. The summed E-state index contributed by atoms with van der Waals surface area (Å²) in [5, 5.41) is 13.8. The second-order valence-corrected chi connectivity index (χ2v) is 7.44. The van der Waals surface area contributed by atoms with E-state index in [0.717, 1.165) is 33.3 Å². The van der Waals surface area contributed by atoms with Gasteiger partial charge < -0.3 is 4.42 Å². The van der Waals surface area contributed by atoms with Gasteiger partial charge in [0.15, 0.2) is 0 Å². The van der Waals surface area contributed by atoms with Crippen molar-refractivity contribution in [2.45, 2.75) is 31.7 Å². The molecule has 2 aromatic heterocycles. The largest absolute Gasteiger partial charge is 0.423 e. The van der Waals surface area contributed by atoms with Crippen LogP contribution in [-0.2, 0) is 5.75 Å². The van der Waals surface area contributed by atoms with Crippen LogP contribution in [0.5, 0.6) is 0 Å². The van der Waals surface area contributed by atoms with Crippen molar-refractivity contribution >= 4 is 22.7 Å². The number of aryl methyl sites for hydroxylation is 3. The summed E-state index contributed by atoms with van der Waals surface area (Å²) in [6.07, 6.45) is 0. The van der Waals surface area contributed by atoms with Crippen LogP contribution in [0.4, 0.5) is 0 Å². The number of benzene rings is 2. The van der Waals surface area contributed by atoms with E-state index in [1.807, 2.05) is 57.2 Å². The summed E-state index contributed by atoms with van der Waals surface area (Å²) in [6.45, 7) is 6.05. The van der Waals surface area contributed by atoms with E-state index >= 15 is 0 Å². The summed E-state index contributed by atoms with van der Waals surface area (Å²) >= 11 is 1.49. The first-order valence-electron chi connectivity index (χ1n) is 8.54. The number of tetrazole rings is 1. The number of thioether (sulfide) groups is 1. The Labute approximate surface area is 160 Å². The molecule has 4 aromatic rings. The third kappa shape index (κ3) is 3.38. The predicted octanol–water partition coefficient (Wildman–Crippen LogP) is 3.99. The van der Waals surface area contributed by atoms with E-state index in [2.05, 4.69) is 15.5 Å². The molecule has 4 rings (SSSR count). The van der Waals surface area contributed by atoms with Crippen molar-refractivity contribution < 1.29 is 4.42 Å². The minimum atomic E-state index is -0.349. The van der Waals surface area contributed by atoms with Crippen LogP contribution in [0.1, 0.15) is 22.3 Å². The zero-order valence-corrected chi connectivity index (χ0v) is 16.1. The number of hydrogen-bond donors (Lipinski definition) is 0. The van der Waals surface area contributed by atoms with Gasteiger partial charge in [-0.25, -0.2) is 4.79 Å². The highest BCUT2D eigenvalue weighted by atomic mass is 32.2. The number of nitrogens with zero attached hydrogens (tertiary/aromatic N) is 4. The number of aromatic nitrogens is 4. The number of fused-ring (bicyclic) bond motifs is 1. The topological polar surface area (TPSA) is 73.8 Å². The first kappa shape index (κ1) is 17.5. The molecular formula is C20H18N4O2S. The zero-order chi connectivity index (χ0) is 19.0. The van der Waals surface area contributed by atoms with Crippen molar-refractivity contribution in [1.29, 1.82) is 0 Å². The van der Waals surface area contributed by atoms with E-state index in [1.54, 1.807) is 4.68 Å². The lowest BCUT2D eigenvalue weighted by Gasteiger charge is -2.11. The zero-order valence-electron chi connectivity index (χ0n) is 15.3. The predicted molar refractivity (Wildman–Crippen MR) is 105 cm³/mol. The average molecular weight is 378 g/mol. The third-order valence-electron chi connectivity index (χ3n) is 4.43. The van der Waals surface area contributed by atoms with Crippen LogP contribution in [0.3, 0.4) is 0 Å². The molecule has 0 unspecified atom stereocenters. The molecule has 0 fully saturated rings. The Kier molecular flexibility index (Phi) is 4.53. The molecule has 0 saturated carbocycles. The van der Waals surface area contributed by atoms with Gasteiger partial charge in [-0.15, -0.1) is 5.10 Å². The van der Waals surface area contributed by atoms with E-state index in [4.69, 9.17) is 4.42 Å². The van der Waals surface area contributed by atoms with Crippen LogP contribution in [0.15, 0.2) is 56.8 Å². The molecule has 6 nitrogen and oxygen atoms in total. The number of para-hydroxylation sites is 1. The first-order valence-corrected chi connectivity index (χ1v) is 9.52. The highest BCUT2D eigenvalue weighted by Crippen LogP contribution is 2.28. The van der Waals surface area contributed by atoms with Crippen LogP contribution in [0.2, 0.25) is 0 Å². The van der Waals surface area contributed by atoms with Gasteiger partial charge >= 0.3 is 5.63 Å². The number of rotatable bonds is 4. The molecule has 0 atom stereocenters. The van der Waals surface area contributed by atoms with Gasteiger partial charge in [-0.2, -0.15) is 4.68 Å². The van der Waals surface area contributed by atoms with Gasteiger partial charge in [0.1, 0.15) is 5.58 Å². The molecule has 0 aliphatic carbocycles. The lowest BCUT2D eigenvalue weighted by atomic mass is 10.1. The quantitative estimate of drug-likeness (QED) is 0.395. The smallest absolute Gasteiger partial charge is 0.336 e. The summed E-state index contributed by atoms with van der Waals surface area (Å²) in [5.41, 5.74) is 5.40. The Morgan fingerprint density at radius 1 is 1.07 bits per heavy atom. The minimum absolute atomic E-state index is 0.349. The summed E-state index contributed by atoms with van der Waals surface area (Å²) in [5.74, 6) is 0.566. The average Bonchev–Trinajstić information content (AvgIpc) is 3.07. The summed E-state index contributed by atoms with van der Waals surface area (Å²) < 4.78 is 7.09. The van der Waals surface area contributed by atoms with Crippen molar-refractivity contribution in [1.82, 2.24) is 20.2 Å². The highest BCUT2D eigenvalue weighted by molar-refractivity contribution is 7.98. The third-order valence-corrected chi connectivity index (χ3v) is 5.40. The van der Waals surface area contributed by atoms with Crippen LogP contribution in [0, 0.1) is 20.8 Å². The van der Waals surface area contributed by atoms with Gasteiger partial charge in [0, 0.05) is 17.2 Å². The van der Waals surface area contributed by atoms with E-state index in [9.17, 15) is 4.79 Å². The maximum atomic E-state index is 11.9. The molecular weight excluding hydrogens is 360 g/mol. The van der Waals surface area contributed by atoms with E-state index < -0.39 is 0 Å². The molecule has 0 aliphatic heterocycles. The molecule has 2 heterocycles. The SMILES string of the molecule is Cc1ccc2c(CSc3nnnn3-c3c(C)cccc3C)cc(=O)oc2c1. The van der Waals surface area contributed by atoms with Gasteiger partial charge in [-0.3, -0.25) is 0 Å². The Hall–Kier alpha value is -2.93. The molecule has 0 aliphatic rings. The van der Waals surface area contributed by atoms with Crippen LogP contribution >= 0.6 is 11.8 Å². The molecule has 0 amide bonds. The van der Waals surface area contributed by atoms with E-state index in [1.165, 1.54) is 17.8 Å². The fraction of sp³-hybridized carbons (Fsp3) is 0.200. The molecule has 27 heavy (non-hydrogen) atoms. The molecule has 7 heteroatoms. The van der Waals surface area contributed by atoms with E-state index in [-0.39, 0.29) is 5.63 Å². The van der Waals surface area contributed by atoms with Gasteiger partial charge in [-0.05, 0) is 59.5 Å². The maximum Gasteiger partial charge on any atom is 0.336 e. The standard InChI is InChI=1S/C20H18N4O2S/c1-12-7-8-16-15(10-18(25)26-17(16)9-12)11-27-20-21-22-23-24(20)19-13(2)5-4-6-14(19)3/h4-10H,11H2,1-3H3. The molecule has 0 spiro atoms. The maximum absolute atomic E-state index is 11.9. The Morgan fingerprint density at radius 3 is 2.63 bits per heavy atom. The van der Waals surface area contributed by atoms with Crippen molar-refractivity contribution in [3.05, 3.63) is 75.1 Å².